The van der Waals surface area contributed by atoms with Crippen LogP contribution in [0.2, 0.25) is 0 Å². The Kier molecular flexibility index (Phi) is 6.37. The van der Waals surface area contributed by atoms with Gasteiger partial charge in [0.15, 0.2) is 0 Å². The van der Waals surface area contributed by atoms with E-state index in [9.17, 15) is 9.18 Å². The van der Waals surface area contributed by atoms with Crippen molar-refractivity contribution in [2.75, 3.05) is 5.75 Å². The number of carbonyl (C=O) groups is 1. The minimum absolute atomic E-state index is 0.128. The van der Waals surface area contributed by atoms with E-state index in [0.29, 0.717) is 22.3 Å². The van der Waals surface area contributed by atoms with E-state index < -0.39 is 0 Å². The fourth-order valence-electron chi connectivity index (χ4n) is 2.89. The molecule has 0 radical (unpaired) electrons. The van der Waals surface area contributed by atoms with Gasteiger partial charge in [0.25, 0.3) is 5.89 Å². The minimum atomic E-state index is -0.302. The molecule has 0 fully saturated rings. The van der Waals surface area contributed by atoms with Crippen LogP contribution >= 0.6 is 11.8 Å². The maximum absolute atomic E-state index is 13.0. The number of nitrogens with zero attached hydrogens (tertiary/aromatic N) is 3. The Balaban J connectivity index is 1.32. The summed E-state index contributed by atoms with van der Waals surface area (Å²) in [5.41, 5.74) is 2.42. The Labute approximate surface area is 182 Å². The van der Waals surface area contributed by atoms with Gasteiger partial charge in [0.05, 0.1) is 22.4 Å². The molecule has 156 valence electrons. The van der Waals surface area contributed by atoms with Crippen molar-refractivity contribution in [2.24, 2.45) is 0 Å². The highest BCUT2D eigenvalue weighted by Crippen LogP contribution is 2.24. The topological polar surface area (TPSA) is 80.9 Å². The number of nitrogens with one attached hydrogen (secondary N) is 1. The lowest BCUT2D eigenvalue weighted by Gasteiger charge is -2.14. The first-order valence-electron chi connectivity index (χ1n) is 9.61. The second-order valence-corrected chi connectivity index (χ2v) is 7.80. The van der Waals surface area contributed by atoms with Crippen LogP contribution in [0.25, 0.3) is 22.8 Å². The Morgan fingerprint density at radius 3 is 2.55 bits per heavy atom. The fourth-order valence-corrected chi connectivity index (χ4v) is 3.55. The van der Waals surface area contributed by atoms with Crippen LogP contribution in [-0.4, -0.2) is 26.8 Å². The van der Waals surface area contributed by atoms with Crippen LogP contribution in [0.15, 0.2) is 82.5 Å². The maximum atomic E-state index is 13.0. The third kappa shape index (κ3) is 5.35. The molecule has 1 N–H and O–H groups in total. The zero-order valence-corrected chi connectivity index (χ0v) is 17.5. The van der Waals surface area contributed by atoms with Crippen LogP contribution in [0.1, 0.15) is 18.5 Å². The molecular formula is C23H19FN4O2S. The van der Waals surface area contributed by atoms with Gasteiger partial charge in [0, 0.05) is 11.8 Å². The molecule has 0 spiro atoms. The summed E-state index contributed by atoms with van der Waals surface area (Å²) >= 11 is 1.32. The second-order valence-electron chi connectivity index (χ2n) is 6.80. The predicted molar refractivity (Wildman–Crippen MR) is 117 cm³/mol. The molecule has 0 saturated heterocycles. The number of hydrogen-bond donors (Lipinski definition) is 1. The van der Waals surface area contributed by atoms with E-state index in [0.717, 1.165) is 11.1 Å². The molecule has 8 heteroatoms. The molecule has 0 saturated carbocycles. The van der Waals surface area contributed by atoms with Crippen molar-refractivity contribution in [3.63, 3.8) is 0 Å². The lowest BCUT2D eigenvalue weighted by Crippen LogP contribution is -2.28. The Bertz CT molecular complexity index is 1150. The average Bonchev–Trinajstić information content (AvgIpc) is 3.29. The van der Waals surface area contributed by atoms with Crippen molar-refractivity contribution in [2.45, 2.75) is 18.0 Å². The van der Waals surface area contributed by atoms with Crippen LogP contribution in [0.5, 0.6) is 0 Å². The van der Waals surface area contributed by atoms with Crippen molar-refractivity contribution in [3.05, 3.63) is 84.3 Å². The Morgan fingerprint density at radius 1 is 1.06 bits per heavy atom. The van der Waals surface area contributed by atoms with Gasteiger partial charge in [-0.1, -0.05) is 59.4 Å². The highest BCUT2D eigenvalue weighted by atomic mass is 32.2. The number of thioether (sulfide) groups is 1. The monoisotopic (exact) mass is 434 g/mol. The summed E-state index contributed by atoms with van der Waals surface area (Å²) in [4.78, 5) is 21.0. The van der Waals surface area contributed by atoms with Gasteiger partial charge in [-0.05, 0) is 36.8 Å². The SMILES string of the molecule is CC(NC(=O)CSc1ccc(-c2nc(-c3ccccc3)no2)cn1)c1ccc(F)cc1. The quantitative estimate of drug-likeness (QED) is 0.417. The summed E-state index contributed by atoms with van der Waals surface area (Å²) < 4.78 is 18.4. The van der Waals surface area contributed by atoms with E-state index in [-0.39, 0.29) is 23.5 Å². The highest BCUT2D eigenvalue weighted by Gasteiger charge is 2.13. The highest BCUT2D eigenvalue weighted by molar-refractivity contribution is 7.99. The molecule has 0 aliphatic carbocycles. The van der Waals surface area contributed by atoms with E-state index >= 15 is 0 Å². The van der Waals surface area contributed by atoms with Crippen molar-refractivity contribution in [3.8, 4) is 22.8 Å². The lowest BCUT2D eigenvalue weighted by molar-refractivity contribution is -0.119. The first-order chi connectivity index (χ1) is 15.1. The number of carbonyl (C=O) groups excluding carboxylic acids is 1. The molecule has 4 rings (SSSR count). The molecule has 0 bridgehead atoms. The molecule has 1 atom stereocenters. The smallest absolute Gasteiger partial charge is 0.259 e. The van der Waals surface area contributed by atoms with Gasteiger partial charge in [0.2, 0.25) is 11.7 Å². The molecule has 6 nitrogen and oxygen atoms in total. The standard InChI is InChI=1S/C23H19FN4O2S/c1-15(16-7-10-19(24)11-8-16)26-20(29)14-31-21-12-9-18(13-25-21)23-27-22(28-30-23)17-5-3-2-4-6-17/h2-13,15H,14H2,1H3,(H,26,29). The molecule has 0 aliphatic rings. The predicted octanol–water partition coefficient (Wildman–Crippen LogP) is 4.91. The molecule has 2 aromatic heterocycles. The van der Waals surface area contributed by atoms with Crippen LogP contribution in [-0.2, 0) is 4.79 Å². The molecule has 2 heterocycles. The second kappa shape index (κ2) is 9.53. The average molecular weight is 434 g/mol. The Morgan fingerprint density at radius 2 is 1.84 bits per heavy atom. The van der Waals surface area contributed by atoms with Crippen LogP contribution in [0.4, 0.5) is 4.39 Å². The van der Waals surface area contributed by atoms with Gasteiger partial charge >= 0.3 is 0 Å². The van der Waals surface area contributed by atoms with E-state index in [1.165, 1.54) is 23.9 Å². The lowest BCUT2D eigenvalue weighted by atomic mass is 10.1. The van der Waals surface area contributed by atoms with Crippen LogP contribution < -0.4 is 5.32 Å². The molecule has 1 amide bonds. The van der Waals surface area contributed by atoms with Gasteiger partial charge in [-0.15, -0.1) is 0 Å². The number of hydrogen-bond acceptors (Lipinski definition) is 6. The van der Waals surface area contributed by atoms with Gasteiger partial charge < -0.3 is 9.84 Å². The van der Waals surface area contributed by atoms with Crippen LogP contribution in [0.3, 0.4) is 0 Å². The molecule has 0 aliphatic heterocycles. The van der Waals surface area contributed by atoms with Crippen LogP contribution in [0, 0.1) is 5.82 Å². The van der Waals surface area contributed by atoms with Crippen molar-refractivity contribution >= 4 is 17.7 Å². The molecule has 2 aromatic carbocycles. The van der Waals surface area contributed by atoms with Gasteiger partial charge in [0.1, 0.15) is 5.82 Å². The number of amides is 1. The van der Waals surface area contributed by atoms with Gasteiger partial charge in [-0.25, -0.2) is 9.37 Å². The summed E-state index contributed by atoms with van der Waals surface area (Å²) in [5.74, 6) is 0.687. The zero-order chi connectivity index (χ0) is 21.6. The number of rotatable bonds is 7. The summed E-state index contributed by atoms with van der Waals surface area (Å²) in [6.07, 6.45) is 1.64. The van der Waals surface area contributed by atoms with E-state index in [1.54, 1.807) is 18.3 Å². The first kappa shape index (κ1) is 20.7. The van der Waals surface area contributed by atoms with Crippen molar-refractivity contribution in [1.29, 1.82) is 0 Å². The minimum Gasteiger partial charge on any atom is -0.349 e. The summed E-state index contributed by atoms with van der Waals surface area (Å²) in [6, 6.07) is 19.1. The Hall–Kier alpha value is -3.52. The van der Waals surface area contributed by atoms with Crippen molar-refractivity contribution < 1.29 is 13.7 Å². The summed E-state index contributed by atoms with van der Waals surface area (Å²) in [5, 5.41) is 7.61. The van der Waals surface area contributed by atoms with E-state index in [1.807, 2.05) is 49.4 Å². The maximum Gasteiger partial charge on any atom is 0.259 e. The normalized spacial score (nSPS) is 11.8. The molecule has 1 unspecified atom stereocenters. The number of halogens is 1. The fraction of sp³-hybridized carbons (Fsp3) is 0.130. The largest absolute Gasteiger partial charge is 0.349 e. The van der Waals surface area contributed by atoms with E-state index in [4.69, 9.17) is 4.52 Å². The number of aromatic nitrogens is 3. The summed E-state index contributed by atoms with van der Waals surface area (Å²) in [6.45, 7) is 1.86. The van der Waals surface area contributed by atoms with E-state index in [2.05, 4.69) is 20.4 Å². The molecule has 31 heavy (non-hydrogen) atoms. The van der Waals surface area contributed by atoms with Gasteiger partial charge in [-0.3, -0.25) is 4.79 Å². The molecular weight excluding hydrogens is 415 g/mol. The number of pyridine rings is 1. The third-order valence-corrected chi connectivity index (χ3v) is 5.48. The molecule has 4 aromatic rings. The summed E-state index contributed by atoms with van der Waals surface area (Å²) in [7, 11) is 0. The van der Waals surface area contributed by atoms with Gasteiger partial charge in [-0.2, -0.15) is 4.98 Å². The zero-order valence-electron chi connectivity index (χ0n) is 16.7. The number of benzene rings is 2. The first-order valence-corrected chi connectivity index (χ1v) is 10.6. The third-order valence-electron chi connectivity index (χ3n) is 4.54. The van der Waals surface area contributed by atoms with Crippen molar-refractivity contribution in [1.82, 2.24) is 20.4 Å².